The minimum atomic E-state index is -0.642. The van der Waals surface area contributed by atoms with Gasteiger partial charge in [-0.1, -0.05) is 0 Å². The largest absolute Gasteiger partial charge is 0.488 e. The molecule has 1 fully saturated rings. The molecule has 1 amide bonds. The van der Waals surface area contributed by atoms with E-state index in [9.17, 15) is 14.9 Å². The Hall–Kier alpha value is -2.18. The monoisotopic (exact) mass is 237 g/mol. The van der Waals surface area contributed by atoms with Crippen LogP contribution in [-0.2, 0) is 0 Å². The van der Waals surface area contributed by atoms with Crippen LogP contribution in [0.15, 0.2) is 12.4 Å². The maximum absolute atomic E-state index is 11.6. The number of pyridine rings is 1. The van der Waals surface area contributed by atoms with Crippen molar-refractivity contribution in [1.29, 1.82) is 0 Å². The second kappa shape index (κ2) is 4.36. The Morgan fingerprint density at radius 2 is 2.29 bits per heavy atom. The number of carbonyl (C=O) groups excluding carboxylic acids is 1. The zero-order valence-corrected chi connectivity index (χ0v) is 9.17. The molecule has 0 atom stereocenters. The van der Waals surface area contributed by atoms with E-state index in [4.69, 9.17) is 4.74 Å². The number of carbonyl (C=O) groups is 1. The predicted molar refractivity (Wildman–Crippen MR) is 57.9 cm³/mol. The minimum absolute atomic E-state index is 0.0437. The summed E-state index contributed by atoms with van der Waals surface area (Å²) in [6.07, 6.45) is 4.22. The summed E-state index contributed by atoms with van der Waals surface area (Å²) >= 11 is 0. The summed E-state index contributed by atoms with van der Waals surface area (Å²) in [7, 11) is 1.41. The number of nitrogens with zero attached hydrogens (tertiary/aromatic N) is 2. The summed E-state index contributed by atoms with van der Waals surface area (Å²) in [5, 5.41) is 13.2. The summed E-state index contributed by atoms with van der Waals surface area (Å²) in [6, 6.07) is 0. The van der Waals surface area contributed by atoms with Crippen molar-refractivity contribution in [2.24, 2.45) is 0 Å². The van der Waals surface area contributed by atoms with Gasteiger partial charge in [0, 0.05) is 7.05 Å². The van der Waals surface area contributed by atoms with Gasteiger partial charge >= 0.3 is 5.69 Å². The highest BCUT2D eigenvalue weighted by molar-refractivity contribution is 6.00. The van der Waals surface area contributed by atoms with Crippen molar-refractivity contribution in [2.45, 2.75) is 18.9 Å². The van der Waals surface area contributed by atoms with E-state index in [2.05, 4.69) is 10.3 Å². The number of aromatic nitrogens is 1. The second-order valence-electron chi connectivity index (χ2n) is 3.69. The molecule has 0 unspecified atom stereocenters. The van der Waals surface area contributed by atoms with Crippen LogP contribution in [-0.4, -0.2) is 29.0 Å². The highest BCUT2D eigenvalue weighted by Crippen LogP contribution is 2.32. The summed E-state index contributed by atoms with van der Waals surface area (Å²) in [5.41, 5.74) is -0.415. The maximum atomic E-state index is 11.6. The Balaban J connectivity index is 2.45. The first-order valence-corrected chi connectivity index (χ1v) is 5.14. The summed E-state index contributed by atoms with van der Waals surface area (Å²) in [4.78, 5) is 25.5. The number of nitro groups is 1. The molecule has 0 aromatic carbocycles. The number of ether oxygens (including phenoxy) is 1. The Labute approximate surface area is 96.9 Å². The van der Waals surface area contributed by atoms with Crippen LogP contribution in [0.2, 0.25) is 0 Å². The molecule has 1 aromatic rings. The lowest BCUT2D eigenvalue weighted by Crippen LogP contribution is -2.21. The fraction of sp³-hybridized carbons (Fsp3) is 0.400. The fourth-order valence-corrected chi connectivity index (χ4v) is 1.38. The van der Waals surface area contributed by atoms with Gasteiger partial charge in [-0.25, -0.2) is 0 Å². The van der Waals surface area contributed by atoms with E-state index >= 15 is 0 Å². The lowest BCUT2D eigenvalue weighted by molar-refractivity contribution is -0.385. The molecule has 2 rings (SSSR count). The molecule has 17 heavy (non-hydrogen) atoms. The highest BCUT2D eigenvalue weighted by Gasteiger charge is 2.30. The number of hydrogen-bond acceptors (Lipinski definition) is 5. The average molecular weight is 237 g/mol. The van der Waals surface area contributed by atoms with Crippen molar-refractivity contribution in [1.82, 2.24) is 10.3 Å². The zero-order valence-electron chi connectivity index (χ0n) is 9.17. The van der Waals surface area contributed by atoms with E-state index in [1.54, 1.807) is 0 Å². The van der Waals surface area contributed by atoms with E-state index < -0.39 is 10.8 Å². The lowest BCUT2D eigenvalue weighted by atomic mass is 10.2. The Morgan fingerprint density at radius 1 is 1.59 bits per heavy atom. The third kappa shape index (κ3) is 2.32. The van der Waals surface area contributed by atoms with Gasteiger partial charge in [-0.05, 0) is 12.8 Å². The Kier molecular flexibility index (Phi) is 2.90. The first-order chi connectivity index (χ1) is 8.13. The van der Waals surface area contributed by atoms with Gasteiger partial charge in [0.1, 0.15) is 6.20 Å². The van der Waals surface area contributed by atoms with Crippen LogP contribution in [0.5, 0.6) is 5.75 Å². The molecule has 1 aliphatic carbocycles. The van der Waals surface area contributed by atoms with E-state index in [0.717, 1.165) is 19.0 Å². The van der Waals surface area contributed by atoms with Crippen LogP contribution in [0.25, 0.3) is 0 Å². The van der Waals surface area contributed by atoms with Crippen molar-refractivity contribution in [3.8, 4) is 5.75 Å². The van der Waals surface area contributed by atoms with Crippen molar-refractivity contribution in [3.63, 3.8) is 0 Å². The molecule has 1 aromatic heterocycles. The van der Waals surface area contributed by atoms with E-state index in [1.807, 2.05) is 0 Å². The van der Waals surface area contributed by atoms with Gasteiger partial charge in [0.05, 0.1) is 17.2 Å². The highest BCUT2D eigenvalue weighted by atomic mass is 16.6. The van der Waals surface area contributed by atoms with Crippen LogP contribution in [0.3, 0.4) is 0 Å². The lowest BCUT2D eigenvalue weighted by Gasteiger charge is -2.09. The van der Waals surface area contributed by atoms with Crippen molar-refractivity contribution < 1.29 is 14.5 Å². The summed E-state index contributed by atoms with van der Waals surface area (Å²) < 4.78 is 5.44. The molecule has 90 valence electrons. The van der Waals surface area contributed by atoms with Gasteiger partial charge in [0.2, 0.25) is 0 Å². The van der Waals surface area contributed by atoms with Crippen LogP contribution < -0.4 is 10.1 Å². The van der Waals surface area contributed by atoms with Gasteiger partial charge in [-0.15, -0.1) is 0 Å². The molecule has 0 aliphatic heterocycles. The number of amides is 1. The van der Waals surface area contributed by atoms with Gasteiger partial charge in [0.25, 0.3) is 5.91 Å². The van der Waals surface area contributed by atoms with Crippen LogP contribution in [0.1, 0.15) is 23.2 Å². The smallest absolute Gasteiger partial charge is 0.304 e. The molecule has 7 heteroatoms. The maximum Gasteiger partial charge on any atom is 0.304 e. The fourth-order valence-electron chi connectivity index (χ4n) is 1.38. The first-order valence-electron chi connectivity index (χ1n) is 5.14. The molecule has 1 aliphatic rings. The van der Waals surface area contributed by atoms with Gasteiger partial charge < -0.3 is 10.1 Å². The van der Waals surface area contributed by atoms with E-state index in [-0.39, 0.29) is 23.1 Å². The van der Waals surface area contributed by atoms with Gasteiger partial charge in [-0.2, -0.15) is 0 Å². The van der Waals surface area contributed by atoms with Crippen LogP contribution >= 0.6 is 0 Å². The molecule has 7 nitrogen and oxygen atoms in total. The molecule has 0 bridgehead atoms. The summed E-state index contributed by atoms with van der Waals surface area (Å²) in [6.45, 7) is 0. The molecule has 0 spiro atoms. The zero-order chi connectivity index (χ0) is 12.4. The summed E-state index contributed by atoms with van der Waals surface area (Å²) in [5.74, 6) is -0.379. The van der Waals surface area contributed by atoms with E-state index in [1.165, 1.54) is 13.2 Å². The van der Waals surface area contributed by atoms with Crippen molar-refractivity contribution >= 4 is 11.6 Å². The topological polar surface area (TPSA) is 94.4 Å². The Bertz CT molecular complexity index is 471. The van der Waals surface area contributed by atoms with Crippen LogP contribution in [0, 0.1) is 10.1 Å². The SMILES string of the molecule is CNC(=O)c1c(OC2CC2)cncc1[N+](=O)[O-]. The molecule has 0 saturated heterocycles. The van der Waals surface area contributed by atoms with Crippen LogP contribution in [0.4, 0.5) is 5.69 Å². The standard InChI is InChI=1S/C10H11N3O4/c1-11-10(14)9-7(13(15)16)4-12-5-8(9)17-6-2-3-6/h4-6H,2-3H2,1H3,(H,11,14). The average Bonchev–Trinajstić information content (AvgIpc) is 3.11. The predicted octanol–water partition coefficient (Wildman–Crippen LogP) is 0.891. The molecule has 1 N–H and O–H groups in total. The van der Waals surface area contributed by atoms with Gasteiger partial charge in [0.15, 0.2) is 11.3 Å². The molecule has 1 saturated carbocycles. The third-order valence-electron chi connectivity index (χ3n) is 2.36. The van der Waals surface area contributed by atoms with Crippen molar-refractivity contribution in [3.05, 3.63) is 28.1 Å². The molecular weight excluding hydrogens is 226 g/mol. The Morgan fingerprint density at radius 3 is 2.82 bits per heavy atom. The number of rotatable bonds is 4. The normalized spacial score (nSPS) is 14.2. The molecular formula is C10H11N3O4. The minimum Gasteiger partial charge on any atom is -0.488 e. The van der Waals surface area contributed by atoms with Crippen molar-refractivity contribution in [2.75, 3.05) is 7.05 Å². The van der Waals surface area contributed by atoms with E-state index in [0.29, 0.717) is 0 Å². The third-order valence-corrected chi connectivity index (χ3v) is 2.36. The quantitative estimate of drug-likeness (QED) is 0.619. The van der Waals surface area contributed by atoms with Gasteiger partial charge in [-0.3, -0.25) is 19.9 Å². The number of nitrogens with one attached hydrogen (secondary N) is 1. The first kappa shape index (κ1) is 11.3. The molecule has 0 radical (unpaired) electrons. The molecule has 1 heterocycles. The second-order valence-corrected chi connectivity index (χ2v) is 3.69. The number of hydrogen-bond donors (Lipinski definition) is 1.